The average molecular weight is 360 g/mol. The lowest BCUT2D eigenvalue weighted by molar-refractivity contribution is 0.144. The van der Waals surface area contributed by atoms with Crippen molar-refractivity contribution in [3.05, 3.63) is 76.2 Å². The maximum atomic E-state index is 12.0. The van der Waals surface area contributed by atoms with Crippen LogP contribution >= 0.6 is 11.3 Å². The minimum absolute atomic E-state index is 0.0641. The highest BCUT2D eigenvalue weighted by Gasteiger charge is 2.28. The van der Waals surface area contributed by atoms with Gasteiger partial charge in [-0.1, -0.05) is 54.5 Å². The Bertz CT molecular complexity index is 941. The van der Waals surface area contributed by atoms with Crippen LogP contribution in [-0.2, 0) is 4.74 Å². The van der Waals surface area contributed by atoms with Gasteiger partial charge in [-0.25, -0.2) is 9.78 Å². The number of carbonyl (C=O) groups is 1. The SMILES string of the molecule is O=C(NCC#Cc1cscn1)OCC1c2ccccc2-c2ccccc21. The van der Waals surface area contributed by atoms with E-state index >= 15 is 0 Å². The fraction of sp³-hybridized carbons (Fsp3) is 0.143. The van der Waals surface area contributed by atoms with E-state index in [0.717, 1.165) is 0 Å². The van der Waals surface area contributed by atoms with E-state index in [9.17, 15) is 4.79 Å². The van der Waals surface area contributed by atoms with Crippen molar-refractivity contribution in [1.82, 2.24) is 10.3 Å². The molecular formula is C21H16N2O2S. The van der Waals surface area contributed by atoms with Crippen LogP contribution in [-0.4, -0.2) is 24.2 Å². The number of hydrogen-bond acceptors (Lipinski definition) is 4. The summed E-state index contributed by atoms with van der Waals surface area (Å²) in [7, 11) is 0. The number of rotatable bonds is 3. The van der Waals surface area contributed by atoms with E-state index in [-0.39, 0.29) is 12.5 Å². The molecule has 0 bridgehead atoms. The summed E-state index contributed by atoms with van der Waals surface area (Å²) in [6, 6.07) is 16.5. The van der Waals surface area contributed by atoms with E-state index in [1.54, 1.807) is 5.51 Å². The number of nitrogens with one attached hydrogen (secondary N) is 1. The van der Waals surface area contributed by atoms with Crippen LogP contribution in [0.4, 0.5) is 4.79 Å². The Morgan fingerprint density at radius 2 is 1.81 bits per heavy atom. The number of benzene rings is 2. The molecule has 1 aliphatic carbocycles. The zero-order chi connectivity index (χ0) is 17.8. The van der Waals surface area contributed by atoms with Crippen LogP contribution in [0.3, 0.4) is 0 Å². The van der Waals surface area contributed by atoms with Gasteiger partial charge in [-0.05, 0) is 28.2 Å². The zero-order valence-corrected chi connectivity index (χ0v) is 14.8. The predicted octanol–water partition coefficient (Wildman–Crippen LogP) is 4.03. The number of amides is 1. The molecule has 0 radical (unpaired) electrons. The van der Waals surface area contributed by atoms with Crippen LogP contribution < -0.4 is 5.32 Å². The molecule has 2 aromatic carbocycles. The fourth-order valence-corrected chi connectivity index (χ4v) is 3.66. The molecule has 0 saturated heterocycles. The van der Waals surface area contributed by atoms with E-state index < -0.39 is 6.09 Å². The van der Waals surface area contributed by atoms with Gasteiger partial charge >= 0.3 is 6.09 Å². The summed E-state index contributed by atoms with van der Waals surface area (Å²) in [5.74, 6) is 5.81. The largest absolute Gasteiger partial charge is 0.449 e. The summed E-state index contributed by atoms with van der Waals surface area (Å²) in [6.45, 7) is 0.535. The topological polar surface area (TPSA) is 51.2 Å². The lowest BCUT2D eigenvalue weighted by atomic mass is 9.98. The normalized spacial score (nSPS) is 11.8. The highest BCUT2D eigenvalue weighted by molar-refractivity contribution is 7.07. The van der Waals surface area contributed by atoms with Crippen molar-refractivity contribution < 1.29 is 9.53 Å². The van der Waals surface area contributed by atoms with E-state index in [0.29, 0.717) is 12.3 Å². The maximum absolute atomic E-state index is 12.0. The third-order valence-corrected chi connectivity index (χ3v) is 4.90. The smallest absolute Gasteiger partial charge is 0.407 e. The lowest BCUT2D eigenvalue weighted by Gasteiger charge is -2.14. The van der Waals surface area contributed by atoms with E-state index in [1.165, 1.54) is 33.6 Å². The second-order valence-corrected chi connectivity index (χ2v) is 6.57. The van der Waals surface area contributed by atoms with Gasteiger partial charge < -0.3 is 10.1 Å². The minimum Gasteiger partial charge on any atom is -0.449 e. The van der Waals surface area contributed by atoms with Crippen molar-refractivity contribution >= 4 is 17.4 Å². The van der Waals surface area contributed by atoms with Crippen LogP contribution in [0.25, 0.3) is 11.1 Å². The quantitative estimate of drug-likeness (QED) is 0.718. The van der Waals surface area contributed by atoms with Gasteiger partial charge in [0.2, 0.25) is 0 Å². The fourth-order valence-electron chi connectivity index (χ4n) is 3.17. The average Bonchev–Trinajstić information content (AvgIpc) is 3.30. The van der Waals surface area contributed by atoms with Crippen molar-refractivity contribution in [2.24, 2.45) is 0 Å². The third kappa shape index (κ3) is 3.32. The molecule has 0 atom stereocenters. The van der Waals surface area contributed by atoms with Crippen LogP contribution in [0.1, 0.15) is 22.7 Å². The Balaban J connectivity index is 1.38. The van der Waals surface area contributed by atoms with Crippen molar-refractivity contribution in [2.75, 3.05) is 13.2 Å². The van der Waals surface area contributed by atoms with Crippen LogP contribution in [0.5, 0.6) is 0 Å². The molecule has 0 fully saturated rings. The molecule has 0 saturated carbocycles. The molecule has 4 rings (SSSR count). The number of aromatic nitrogens is 1. The van der Waals surface area contributed by atoms with Gasteiger partial charge in [0, 0.05) is 11.3 Å². The Morgan fingerprint density at radius 1 is 1.12 bits per heavy atom. The first-order valence-electron chi connectivity index (χ1n) is 8.29. The highest BCUT2D eigenvalue weighted by Crippen LogP contribution is 2.44. The summed E-state index contributed by atoms with van der Waals surface area (Å²) in [5, 5.41) is 4.52. The second-order valence-electron chi connectivity index (χ2n) is 5.85. The van der Waals surface area contributed by atoms with Crippen LogP contribution in [0, 0.1) is 11.8 Å². The molecular weight excluding hydrogens is 344 g/mol. The number of hydrogen-bond donors (Lipinski definition) is 1. The van der Waals surface area contributed by atoms with Gasteiger partial charge in [0.25, 0.3) is 0 Å². The number of nitrogens with zero attached hydrogens (tertiary/aromatic N) is 1. The van der Waals surface area contributed by atoms with Crippen molar-refractivity contribution in [3.8, 4) is 23.0 Å². The summed E-state index contributed by atoms with van der Waals surface area (Å²) >= 11 is 1.49. The monoisotopic (exact) mass is 360 g/mol. The van der Waals surface area contributed by atoms with Crippen LogP contribution in [0.2, 0.25) is 0 Å². The molecule has 1 N–H and O–H groups in total. The lowest BCUT2D eigenvalue weighted by Crippen LogP contribution is -2.26. The molecule has 26 heavy (non-hydrogen) atoms. The van der Waals surface area contributed by atoms with Gasteiger partial charge in [-0.3, -0.25) is 0 Å². The van der Waals surface area contributed by atoms with Crippen molar-refractivity contribution in [1.29, 1.82) is 0 Å². The summed E-state index contributed by atoms with van der Waals surface area (Å²) in [6.07, 6.45) is -0.459. The van der Waals surface area contributed by atoms with Gasteiger partial charge in [-0.2, -0.15) is 0 Å². The zero-order valence-electron chi connectivity index (χ0n) is 13.9. The highest BCUT2D eigenvalue weighted by atomic mass is 32.1. The number of thiazole rings is 1. The van der Waals surface area contributed by atoms with Gasteiger partial charge in [0.05, 0.1) is 12.1 Å². The molecule has 0 aliphatic heterocycles. The molecule has 1 heterocycles. The summed E-state index contributed by atoms with van der Waals surface area (Å²) in [4.78, 5) is 16.0. The number of ether oxygens (including phenoxy) is 1. The predicted molar refractivity (Wildman–Crippen MR) is 102 cm³/mol. The standard InChI is InChI=1S/C21H16N2O2S/c24-21(22-11-5-6-15-13-26-14-23-15)25-12-20-18-9-3-1-7-16(18)17-8-2-4-10-19(17)20/h1-4,7-10,13-14,20H,11-12H2,(H,22,24). The van der Waals surface area contributed by atoms with E-state index in [4.69, 9.17) is 4.74 Å². The number of carbonyl (C=O) groups excluding carboxylic acids is 1. The maximum Gasteiger partial charge on any atom is 0.407 e. The Morgan fingerprint density at radius 3 is 2.46 bits per heavy atom. The second kappa shape index (κ2) is 7.42. The molecule has 128 valence electrons. The molecule has 5 heteroatoms. The first kappa shape index (κ1) is 16.4. The summed E-state index contributed by atoms with van der Waals surface area (Å²) < 4.78 is 5.45. The Hall–Kier alpha value is -3.10. The number of alkyl carbamates (subject to hydrolysis) is 1. The van der Waals surface area contributed by atoms with Crippen molar-refractivity contribution in [3.63, 3.8) is 0 Å². The van der Waals surface area contributed by atoms with Crippen molar-refractivity contribution in [2.45, 2.75) is 5.92 Å². The summed E-state index contributed by atoms with van der Waals surface area (Å²) in [5.41, 5.74) is 7.26. The van der Waals surface area contributed by atoms with Crippen LogP contribution in [0.15, 0.2) is 59.4 Å². The van der Waals surface area contributed by atoms with Gasteiger partial charge in [-0.15, -0.1) is 11.3 Å². The molecule has 1 aromatic heterocycles. The van der Waals surface area contributed by atoms with Gasteiger partial charge in [0.1, 0.15) is 12.3 Å². The molecule has 0 spiro atoms. The molecule has 1 aliphatic rings. The van der Waals surface area contributed by atoms with Gasteiger partial charge in [0.15, 0.2) is 0 Å². The number of fused-ring (bicyclic) bond motifs is 3. The van der Waals surface area contributed by atoms with E-state index in [1.807, 2.05) is 29.6 Å². The third-order valence-electron chi connectivity index (χ3n) is 4.31. The van der Waals surface area contributed by atoms with E-state index in [2.05, 4.69) is 46.4 Å². The first-order valence-corrected chi connectivity index (χ1v) is 9.23. The molecule has 0 unspecified atom stereocenters. The Labute approximate surface area is 155 Å². The Kier molecular flexibility index (Phi) is 4.67. The minimum atomic E-state index is -0.459. The molecule has 1 amide bonds. The first-order chi connectivity index (χ1) is 12.8. The molecule has 4 nitrogen and oxygen atoms in total. The molecule has 3 aromatic rings.